The van der Waals surface area contributed by atoms with Crippen LogP contribution >= 0.6 is 0 Å². The minimum atomic E-state index is 0.0484. The molecule has 21 heavy (non-hydrogen) atoms. The third-order valence-corrected chi connectivity index (χ3v) is 3.60. The number of aliphatic hydroxyl groups excluding tert-OH is 1. The number of aromatic nitrogens is 1. The first kappa shape index (κ1) is 15.5. The Morgan fingerprint density at radius 3 is 2.62 bits per heavy atom. The van der Waals surface area contributed by atoms with E-state index in [9.17, 15) is 4.79 Å². The highest BCUT2D eigenvalue weighted by Gasteiger charge is 2.17. The molecule has 112 valence electrons. The van der Waals surface area contributed by atoms with Gasteiger partial charge in [0.05, 0.1) is 12.2 Å². The van der Waals surface area contributed by atoms with Crippen molar-refractivity contribution in [3.8, 4) is 11.8 Å². The van der Waals surface area contributed by atoms with Gasteiger partial charge in [0.2, 0.25) is 0 Å². The fraction of sp³-hybridized carbons (Fsp3) is 0.529. The summed E-state index contributed by atoms with van der Waals surface area (Å²) in [5.41, 5.74) is 1.33. The minimum absolute atomic E-state index is 0.0484. The highest BCUT2D eigenvalue weighted by molar-refractivity contribution is 5.94. The predicted octanol–water partition coefficient (Wildman–Crippen LogP) is 2.22. The quantitative estimate of drug-likeness (QED) is 0.848. The van der Waals surface area contributed by atoms with Gasteiger partial charge < -0.3 is 10.0 Å². The van der Waals surface area contributed by atoms with E-state index < -0.39 is 0 Å². The molecule has 0 spiro atoms. The fourth-order valence-electron chi connectivity index (χ4n) is 2.48. The number of carbonyl (C=O) groups excluding carboxylic acids is 1. The maximum absolute atomic E-state index is 12.5. The molecule has 1 saturated heterocycles. The molecule has 1 aliphatic heterocycles. The van der Waals surface area contributed by atoms with Gasteiger partial charge in [-0.15, -0.1) is 0 Å². The van der Waals surface area contributed by atoms with Crippen molar-refractivity contribution >= 4 is 5.91 Å². The molecule has 1 N–H and O–H groups in total. The molecule has 1 aromatic rings. The molecule has 1 amide bonds. The third-order valence-electron chi connectivity index (χ3n) is 3.60. The van der Waals surface area contributed by atoms with E-state index in [1.807, 2.05) is 4.90 Å². The second-order valence-corrected chi connectivity index (χ2v) is 5.30. The van der Waals surface area contributed by atoms with E-state index >= 15 is 0 Å². The number of hydrogen-bond donors (Lipinski definition) is 1. The van der Waals surface area contributed by atoms with Gasteiger partial charge in [-0.25, -0.2) is 0 Å². The number of rotatable bonds is 2. The lowest BCUT2D eigenvalue weighted by Gasteiger charge is -2.24. The van der Waals surface area contributed by atoms with Crippen molar-refractivity contribution in [3.63, 3.8) is 0 Å². The Bertz CT molecular complexity index is 523. The average molecular weight is 286 g/mol. The summed E-state index contributed by atoms with van der Waals surface area (Å²) in [4.78, 5) is 18.6. The lowest BCUT2D eigenvalue weighted by molar-refractivity contribution is 0.0742. The number of hydrogen-bond acceptors (Lipinski definition) is 3. The van der Waals surface area contributed by atoms with E-state index in [-0.39, 0.29) is 12.5 Å². The van der Waals surface area contributed by atoms with Crippen LogP contribution in [0.3, 0.4) is 0 Å². The van der Waals surface area contributed by atoms with Crippen LogP contribution < -0.4 is 0 Å². The zero-order valence-corrected chi connectivity index (χ0v) is 12.3. The molecule has 1 aromatic heterocycles. The van der Waals surface area contributed by atoms with Crippen LogP contribution in [0.15, 0.2) is 18.5 Å². The van der Waals surface area contributed by atoms with E-state index in [2.05, 4.69) is 16.8 Å². The summed E-state index contributed by atoms with van der Waals surface area (Å²) in [7, 11) is 0. The number of nitrogens with zero attached hydrogens (tertiary/aromatic N) is 2. The summed E-state index contributed by atoms with van der Waals surface area (Å²) in [6.45, 7) is 1.71. The van der Waals surface area contributed by atoms with Crippen LogP contribution in [-0.4, -0.2) is 40.6 Å². The highest BCUT2D eigenvalue weighted by atomic mass is 16.2. The molecular weight excluding hydrogens is 264 g/mol. The molecule has 2 heterocycles. The normalized spacial score (nSPS) is 15.6. The number of amides is 1. The van der Waals surface area contributed by atoms with Gasteiger partial charge in [-0.2, -0.15) is 0 Å². The van der Waals surface area contributed by atoms with Crippen LogP contribution in [-0.2, 0) is 0 Å². The molecular formula is C17H22N2O2. The SMILES string of the molecule is O=C(c1cncc(C#CCCO)c1)N1CCCCCCC1. The molecule has 4 nitrogen and oxygen atoms in total. The number of likely N-dealkylation sites (tertiary alicyclic amines) is 1. The molecule has 0 bridgehead atoms. The maximum atomic E-state index is 12.5. The number of pyridine rings is 1. The van der Waals surface area contributed by atoms with Crippen molar-refractivity contribution in [1.29, 1.82) is 0 Å². The fourth-order valence-corrected chi connectivity index (χ4v) is 2.48. The van der Waals surface area contributed by atoms with Crippen molar-refractivity contribution in [2.45, 2.75) is 38.5 Å². The van der Waals surface area contributed by atoms with E-state index in [0.717, 1.165) is 31.5 Å². The summed E-state index contributed by atoms with van der Waals surface area (Å²) in [5, 5.41) is 8.73. The Morgan fingerprint density at radius 1 is 1.19 bits per heavy atom. The minimum Gasteiger partial charge on any atom is -0.395 e. The first-order valence-electron chi connectivity index (χ1n) is 7.65. The molecule has 1 fully saturated rings. The van der Waals surface area contributed by atoms with Gasteiger partial charge in [-0.05, 0) is 18.9 Å². The smallest absolute Gasteiger partial charge is 0.255 e. The van der Waals surface area contributed by atoms with E-state index in [1.54, 1.807) is 18.5 Å². The van der Waals surface area contributed by atoms with Crippen LogP contribution in [0.4, 0.5) is 0 Å². The summed E-state index contributed by atoms with van der Waals surface area (Å²) in [6.07, 6.45) is 9.53. The summed E-state index contributed by atoms with van der Waals surface area (Å²) < 4.78 is 0. The Labute approximate surface area is 126 Å². The molecule has 2 rings (SSSR count). The molecule has 0 unspecified atom stereocenters. The lowest BCUT2D eigenvalue weighted by atomic mass is 10.1. The van der Waals surface area contributed by atoms with Gasteiger partial charge in [-0.1, -0.05) is 31.1 Å². The van der Waals surface area contributed by atoms with Crippen LogP contribution in [0.2, 0.25) is 0 Å². The van der Waals surface area contributed by atoms with Crippen LogP contribution in [0, 0.1) is 11.8 Å². The van der Waals surface area contributed by atoms with E-state index in [4.69, 9.17) is 5.11 Å². The first-order chi connectivity index (χ1) is 10.3. The van der Waals surface area contributed by atoms with Gasteiger partial charge in [-0.3, -0.25) is 9.78 Å². The van der Waals surface area contributed by atoms with Gasteiger partial charge >= 0.3 is 0 Å². The van der Waals surface area contributed by atoms with Gasteiger partial charge in [0.1, 0.15) is 0 Å². The Hall–Kier alpha value is -1.86. The third kappa shape index (κ3) is 4.87. The van der Waals surface area contributed by atoms with Crippen molar-refractivity contribution in [2.24, 2.45) is 0 Å². The second-order valence-electron chi connectivity index (χ2n) is 5.30. The molecule has 0 atom stereocenters. The van der Waals surface area contributed by atoms with Gasteiger partial charge in [0.25, 0.3) is 5.91 Å². The van der Waals surface area contributed by atoms with Gasteiger partial charge in [0.15, 0.2) is 0 Å². The van der Waals surface area contributed by atoms with Crippen molar-refractivity contribution in [1.82, 2.24) is 9.88 Å². The van der Waals surface area contributed by atoms with E-state index in [1.165, 1.54) is 19.3 Å². The summed E-state index contributed by atoms with van der Waals surface area (Å²) in [5.74, 6) is 5.82. The maximum Gasteiger partial charge on any atom is 0.255 e. The van der Waals surface area contributed by atoms with E-state index in [0.29, 0.717) is 12.0 Å². The molecule has 4 heteroatoms. The highest BCUT2D eigenvalue weighted by Crippen LogP contribution is 2.13. The first-order valence-corrected chi connectivity index (χ1v) is 7.65. The standard InChI is InChI=1S/C17H22N2O2/c20-11-7-4-8-15-12-16(14-18-13-15)17(21)19-9-5-2-1-3-6-10-19/h12-14,20H,1-3,5-7,9-11H2. The molecule has 0 saturated carbocycles. The predicted molar refractivity (Wildman–Crippen MR) is 81.8 cm³/mol. The largest absolute Gasteiger partial charge is 0.395 e. The summed E-state index contributed by atoms with van der Waals surface area (Å²) in [6, 6.07) is 1.79. The lowest BCUT2D eigenvalue weighted by Crippen LogP contribution is -2.33. The topological polar surface area (TPSA) is 53.4 Å². The van der Waals surface area contributed by atoms with Crippen LogP contribution in [0.1, 0.15) is 54.4 Å². The number of aliphatic hydroxyl groups is 1. The zero-order chi connectivity index (χ0) is 14.9. The van der Waals surface area contributed by atoms with Crippen molar-refractivity contribution in [2.75, 3.05) is 19.7 Å². The Kier molecular flexibility index (Phi) is 6.23. The van der Waals surface area contributed by atoms with Crippen molar-refractivity contribution < 1.29 is 9.90 Å². The van der Waals surface area contributed by atoms with Crippen LogP contribution in [0.5, 0.6) is 0 Å². The number of carbonyl (C=O) groups is 1. The monoisotopic (exact) mass is 286 g/mol. The molecule has 1 aliphatic rings. The van der Waals surface area contributed by atoms with Crippen molar-refractivity contribution in [3.05, 3.63) is 29.6 Å². The van der Waals surface area contributed by atoms with Gasteiger partial charge in [0, 0.05) is 37.5 Å². The van der Waals surface area contributed by atoms with Crippen LogP contribution in [0.25, 0.3) is 0 Å². The Balaban J connectivity index is 2.07. The Morgan fingerprint density at radius 2 is 1.90 bits per heavy atom. The average Bonchev–Trinajstić information content (AvgIpc) is 2.47. The molecule has 0 aliphatic carbocycles. The molecule has 0 radical (unpaired) electrons. The molecule has 0 aromatic carbocycles. The summed E-state index contributed by atoms with van der Waals surface area (Å²) >= 11 is 0. The zero-order valence-electron chi connectivity index (χ0n) is 12.3. The second kappa shape index (κ2) is 8.43.